The molecule has 0 N–H and O–H groups in total. The Morgan fingerprint density at radius 1 is 1.16 bits per heavy atom. The van der Waals surface area contributed by atoms with E-state index in [9.17, 15) is 13.2 Å². The maximum absolute atomic E-state index is 11.9. The average molecular weight is 323 g/mol. The fourth-order valence-electron chi connectivity index (χ4n) is 1.60. The Balaban J connectivity index is 2.70. The summed E-state index contributed by atoms with van der Waals surface area (Å²) in [6, 6.07) is 4.37. The van der Waals surface area contributed by atoms with E-state index < -0.39 is 21.4 Å². The number of Topliss-reactive ketones (excluding diaryl/α,β-unsaturated/α-hetero) is 1. The van der Waals surface area contributed by atoms with Crippen LogP contribution in [0, 0.1) is 0 Å². The van der Waals surface area contributed by atoms with Gasteiger partial charge >= 0.3 is 0 Å². The third kappa shape index (κ3) is 5.51. The summed E-state index contributed by atoms with van der Waals surface area (Å²) in [6.45, 7) is 1.99. The summed E-state index contributed by atoms with van der Waals surface area (Å²) in [5.41, 5.74) is 0.272. The number of hydrogen-bond acceptors (Lipinski definition) is 3. The zero-order valence-electron chi connectivity index (χ0n) is 10.7. The number of unbranched alkanes of at least 4 members (excludes halogenated alkanes) is 2. The molecule has 0 aliphatic heterocycles. The highest BCUT2D eigenvalue weighted by molar-refractivity contribution is 7.92. The number of sulfone groups is 1. The molecule has 0 saturated heterocycles. The molecule has 0 spiro atoms. The Morgan fingerprint density at radius 2 is 1.84 bits per heavy atom. The van der Waals surface area contributed by atoms with Crippen LogP contribution in [0.25, 0.3) is 0 Å². The van der Waals surface area contributed by atoms with Crippen LogP contribution in [0.15, 0.2) is 18.2 Å². The highest BCUT2D eigenvalue weighted by Gasteiger charge is 2.18. The smallest absolute Gasteiger partial charge is 0.177 e. The highest BCUT2D eigenvalue weighted by atomic mass is 35.5. The molecule has 19 heavy (non-hydrogen) atoms. The van der Waals surface area contributed by atoms with Crippen LogP contribution in [0.1, 0.15) is 36.5 Å². The fourth-order valence-corrected chi connectivity index (χ4v) is 3.25. The van der Waals surface area contributed by atoms with Gasteiger partial charge in [-0.2, -0.15) is 0 Å². The molecule has 3 nitrogen and oxygen atoms in total. The van der Waals surface area contributed by atoms with Crippen LogP contribution in [-0.2, 0) is 9.84 Å². The van der Waals surface area contributed by atoms with Crippen molar-refractivity contribution in [3.63, 3.8) is 0 Å². The lowest BCUT2D eigenvalue weighted by Crippen LogP contribution is -2.19. The normalized spacial score (nSPS) is 11.5. The zero-order chi connectivity index (χ0) is 14.5. The van der Waals surface area contributed by atoms with Crippen molar-refractivity contribution in [3.05, 3.63) is 33.8 Å². The first kappa shape index (κ1) is 16.5. The maximum atomic E-state index is 11.9. The van der Waals surface area contributed by atoms with Crippen molar-refractivity contribution in [1.29, 1.82) is 0 Å². The van der Waals surface area contributed by atoms with Crippen molar-refractivity contribution in [2.75, 3.05) is 11.5 Å². The van der Waals surface area contributed by atoms with E-state index in [0.29, 0.717) is 11.4 Å². The van der Waals surface area contributed by atoms with Gasteiger partial charge in [0.15, 0.2) is 15.6 Å². The lowest BCUT2D eigenvalue weighted by atomic mass is 10.1. The van der Waals surface area contributed by atoms with E-state index in [4.69, 9.17) is 23.2 Å². The van der Waals surface area contributed by atoms with Gasteiger partial charge in [-0.1, -0.05) is 43.0 Å². The number of ketones is 1. The van der Waals surface area contributed by atoms with Crippen LogP contribution in [0.4, 0.5) is 0 Å². The van der Waals surface area contributed by atoms with Crippen molar-refractivity contribution >= 4 is 38.8 Å². The minimum Gasteiger partial charge on any atom is -0.293 e. The van der Waals surface area contributed by atoms with Gasteiger partial charge in [0.1, 0.15) is 5.75 Å². The van der Waals surface area contributed by atoms with Crippen molar-refractivity contribution in [1.82, 2.24) is 0 Å². The van der Waals surface area contributed by atoms with Crippen molar-refractivity contribution < 1.29 is 13.2 Å². The van der Waals surface area contributed by atoms with Crippen molar-refractivity contribution in [2.24, 2.45) is 0 Å². The summed E-state index contributed by atoms with van der Waals surface area (Å²) in [7, 11) is -3.35. The van der Waals surface area contributed by atoms with Gasteiger partial charge in [-0.3, -0.25) is 4.79 Å². The Bertz CT molecular complexity index is 553. The summed E-state index contributed by atoms with van der Waals surface area (Å²) >= 11 is 11.5. The van der Waals surface area contributed by atoms with Gasteiger partial charge in [0.05, 0.1) is 15.8 Å². The number of carbonyl (C=O) groups excluding carboxylic acids is 1. The maximum Gasteiger partial charge on any atom is 0.177 e. The summed E-state index contributed by atoms with van der Waals surface area (Å²) < 4.78 is 23.5. The minimum absolute atomic E-state index is 0.0495. The molecule has 1 rings (SSSR count). The largest absolute Gasteiger partial charge is 0.293 e. The molecule has 1 aromatic rings. The molecule has 0 radical (unpaired) electrons. The molecule has 6 heteroatoms. The Labute approximate surface area is 123 Å². The molecule has 0 unspecified atom stereocenters. The highest BCUT2D eigenvalue weighted by Crippen LogP contribution is 2.23. The molecule has 0 aliphatic carbocycles. The van der Waals surface area contributed by atoms with E-state index in [1.807, 2.05) is 6.92 Å². The lowest BCUT2D eigenvalue weighted by Gasteiger charge is -2.04. The predicted molar refractivity (Wildman–Crippen MR) is 79.0 cm³/mol. The molecule has 0 aliphatic rings. The minimum atomic E-state index is -3.35. The number of rotatable bonds is 7. The second-order valence-electron chi connectivity index (χ2n) is 4.35. The Morgan fingerprint density at radius 3 is 2.42 bits per heavy atom. The van der Waals surface area contributed by atoms with Gasteiger partial charge in [-0.25, -0.2) is 8.42 Å². The van der Waals surface area contributed by atoms with Gasteiger partial charge in [-0.15, -0.1) is 0 Å². The van der Waals surface area contributed by atoms with Crippen LogP contribution in [0.2, 0.25) is 10.0 Å². The molecule has 0 heterocycles. The van der Waals surface area contributed by atoms with Gasteiger partial charge in [0, 0.05) is 5.56 Å². The molecule has 0 bridgehead atoms. The predicted octanol–water partition coefficient (Wildman–Crippen LogP) is 3.78. The van der Waals surface area contributed by atoms with E-state index in [2.05, 4.69) is 0 Å². The molecule has 106 valence electrons. The molecule has 0 fully saturated rings. The van der Waals surface area contributed by atoms with Crippen molar-refractivity contribution in [2.45, 2.75) is 26.2 Å². The fraction of sp³-hybridized carbons (Fsp3) is 0.462. The molecule has 0 aromatic heterocycles. The summed E-state index contributed by atoms with van der Waals surface area (Å²) in [5.74, 6) is -0.877. The summed E-state index contributed by atoms with van der Waals surface area (Å²) in [4.78, 5) is 11.9. The van der Waals surface area contributed by atoms with E-state index >= 15 is 0 Å². The van der Waals surface area contributed by atoms with Crippen LogP contribution in [0.3, 0.4) is 0 Å². The Hall–Kier alpha value is -0.580. The first-order valence-electron chi connectivity index (χ1n) is 6.04. The number of benzene rings is 1. The second-order valence-corrected chi connectivity index (χ2v) is 7.35. The quantitative estimate of drug-likeness (QED) is 0.567. The Kier molecular flexibility index (Phi) is 6.30. The third-order valence-corrected chi connectivity index (χ3v) is 5.00. The van der Waals surface area contributed by atoms with E-state index in [-0.39, 0.29) is 16.3 Å². The zero-order valence-corrected chi connectivity index (χ0v) is 13.0. The SMILES string of the molecule is CCCCCS(=O)(=O)CC(=O)c1ccc(Cl)c(Cl)c1. The number of hydrogen-bond donors (Lipinski definition) is 0. The number of halogens is 2. The van der Waals surface area contributed by atoms with Crippen LogP contribution in [-0.4, -0.2) is 25.7 Å². The van der Waals surface area contributed by atoms with Crippen LogP contribution >= 0.6 is 23.2 Å². The van der Waals surface area contributed by atoms with Crippen molar-refractivity contribution in [3.8, 4) is 0 Å². The lowest BCUT2D eigenvalue weighted by molar-refractivity contribution is 0.102. The standard InChI is InChI=1S/C13H16Cl2O3S/c1-2-3-4-7-19(17,18)9-13(16)10-5-6-11(14)12(15)8-10/h5-6,8H,2-4,7,9H2,1H3. The molecular weight excluding hydrogens is 307 g/mol. The molecule has 0 amide bonds. The van der Waals surface area contributed by atoms with Crippen LogP contribution in [0.5, 0.6) is 0 Å². The van der Waals surface area contributed by atoms with Gasteiger partial charge in [-0.05, 0) is 24.6 Å². The summed E-state index contributed by atoms with van der Waals surface area (Å²) in [6.07, 6.45) is 2.38. The number of carbonyl (C=O) groups is 1. The molecule has 0 atom stereocenters. The van der Waals surface area contributed by atoms with E-state index in [1.54, 1.807) is 0 Å². The second kappa shape index (κ2) is 7.27. The third-order valence-electron chi connectivity index (χ3n) is 2.65. The van der Waals surface area contributed by atoms with Crippen LogP contribution < -0.4 is 0 Å². The van der Waals surface area contributed by atoms with Gasteiger partial charge in [0.2, 0.25) is 0 Å². The molecular formula is C13H16Cl2O3S. The molecule has 0 saturated carbocycles. The molecule has 1 aromatic carbocycles. The first-order valence-corrected chi connectivity index (χ1v) is 8.62. The average Bonchev–Trinajstić information content (AvgIpc) is 2.32. The van der Waals surface area contributed by atoms with Gasteiger partial charge in [0.25, 0.3) is 0 Å². The topological polar surface area (TPSA) is 51.2 Å². The monoisotopic (exact) mass is 322 g/mol. The summed E-state index contributed by atoms with van der Waals surface area (Å²) in [5, 5.41) is 0.583. The van der Waals surface area contributed by atoms with E-state index in [0.717, 1.165) is 12.8 Å². The van der Waals surface area contributed by atoms with Gasteiger partial charge < -0.3 is 0 Å². The van der Waals surface area contributed by atoms with E-state index in [1.165, 1.54) is 18.2 Å². The first-order chi connectivity index (χ1) is 8.85.